The molecule has 0 fully saturated rings. The molecule has 0 saturated heterocycles. The van der Waals surface area contributed by atoms with Gasteiger partial charge in [0.2, 0.25) is 0 Å². The van der Waals surface area contributed by atoms with Crippen LogP contribution in [0.2, 0.25) is 0 Å². The van der Waals surface area contributed by atoms with Crippen molar-refractivity contribution in [1.29, 1.82) is 0 Å². The molecule has 116 valence electrons. The van der Waals surface area contributed by atoms with Crippen LogP contribution in [-0.4, -0.2) is 12.1 Å². The highest BCUT2D eigenvalue weighted by Crippen LogP contribution is 2.29. The van der Waals surface area contributed by atoms with Crippen LogP contribution in [-0.2, 0) is 4.79 Å². The van der Waals surface area contributed by atoms with E-state index in [0.29, 0.717) is 6.42 Å². The van der Waals surface area contributed by atoms with Gasteiger partial charge in [-0.1, -0.05) is 17.7 Å². The summed E-state index contributed by atoms with van der Waals surface area (Å²) in [6.45, 7) is 6.03. The quantitative estimate of drug-likeness (QED) is 0.755. The molecule has 0 atom stereocenters. The molecule has 1 aliphatic rings. The SMILES string of the molecule is Cc1ccc(N=Nc2ccc(N3N=CCC3=O)cc2C)c(C)c1. The number of rotatable bonds is 3. The Labute approximate surface area is 135 Å². The molecule has 0 radical (unpaired) electrons. The van der Waals surface area contributed by atoms with Gasteiger partial charge in [0.25, 0.3) is 5.91 Å². The highest BCUT2D eigenvalue weighted by atomic mass is 16.2. The van der Waals surface area contributed by atoms with Crippen LogP contribution in [0.5, 0.6) is 0 Å². The Hall–Kier alpha value is -2.82. The van der Waals surface area contributed by atoms with E-state index >= 15 is 0 Å². The summed E-state index contributed by atoms with van der Waals surface area (Å²) in [5.74, 6) is -0.0194. The van der Waals surface area contributed by atoms with Crippen molar-refractivity contribution in [3.8, 4) is 0 Å². The van der Waals surface area contributed by atoms with E-state index in [0.717, 1.165) is 28.2 Å². The third-order valence-electron chi connectivity index (χ3n) is 3.74. The monoisotopic (exact) mass is 306 g/mol. The van der Waals surface area contributed by atoms with Crippen LogP contribution in [0.15, 0.2) is 51.7 Å². The number of carbonyl (C=O) groups is 1. The van der Waals surface area contributed by atoms with Crippen molar-refractivity contribution in [3.63, 3.8) is 0 Å². The third kappa shape index (κ3) is 3.18. The second-order valence-corrected chi connectivity index (χ2v) is 5.67. The van der Waals surface area contributed by atoms with E-state index in [2.05, 4.69) is 28.3 Å². The maximum atomic E-state index is 11.7. The molecule has 0 spiro atoms. The Bertz CT molecular complexity index is 824. The first kappa shape index (κ1) is 15.1. The molecule has 0 saturated carbocycles. The first-order chi connectivity index (χ1) is 11.0. The number of amides is 1. The van der Waals surface area contributed by atoms with E-state index in [4.69, 9.17) is 0 Å². The van der Waals surface area contributed by atoms with E-state index in [9.17, 15) is 4.79 Å². The van der Waals surface area contributed by atoms with Crippen LogP contribution in [0.25, 0.3) is 0 Å². The van der Waals surface area contributed by atoms with Gasteiger partial charge in [-0.05, 0) is 56.2 Å². The zero-order valence-corrected chi connectivity index (χ0v) is 13.4. The lowest BCUT2D eigenvalue weighted by atomic mass is 10.1. The number of nitrogens with zero attached hydrogens (tertiary/aromatic N) is 4. The summed E-state index contributed by atoms with van der Waals surface area (Å²) in [6.07, 6.45) is 1.97. The lowest BCUT2D eigenvalue weighted by molar-refractivity contribution is -0.116. The molecule has 0 N–H and O–H groups in total. The smallest absolute Gasteiger partial charge is 0.252 e. The number of hydrogen-bond acceptors (Lipinski definition) is 4. The minimum atomic E-state index is -0.0194. The van der Waals surface area contributed by atoms with Crippen LogP contribution in [0.3, 0.4) is 0 Å². The molecule has 0 aromatic heterocycles. The predicted octanol–water partition coefficient (Wildman–Crippen LogP) is 4.75. The molecule has 3 rings (SSSR count). The van der Waals surface area contributed by atoms with Crippen molar-refractivity contribution in [2.75, 3.05) is 5.01 Å². The summed E-state index contributed by atoms with van der Waals surface area (Å²) in [7, 11) is 0. The van der Waals surface area contributed by atoms with E-state index < -0.39 is 0 Å². The molecule has 0 aliphatic carbocycles. The molecule has 2 aromatic carbocycles. The Morgan fingerprint density at radius 2 is 1.61 bits per heavy atom. The first-order valence-electron chi connectivity index (χ1n) is 7.49. The Morgan fingerprint density at radius 3 is 2.17 bits per heavy atom. The number of carbonyl (C=O) groups excluding carboxylic acids is 1. The fourth-order valence-electron chi connectivity index (χ4n) is 2.47. The number of benzene rings is 2. The molecule has 5 heteroatoms. The lowest BCUT2D eigenvalue weighted by Gasteiger charge is -2.12. The summed E-state index contributed by atoms with van der Waals surface area (Å²) >= 11 is 0. The fourth-order valence-corrected chi connectivity index (χ4v) is 2.47. The first-order valence-corrected chi connectivity index (χ1v) is 7.49. The van der Waals surface area contributed by atoms with Crippen molar-refractivity contribution < 1.29 is 4.79 Å². The van der Waals surface area contributed by atoms with Gasteiger partial charge in [-0.3, -0.25) is 4.79 Å². The average Bonchev–Trinajstić information content (AvgIpc) is 2.93. The van der Waals surface area contributed by atoms with Gasteiger partial charge in [0, 0.05) is 6.21 Å². The van der Waals surface area contributed by atoms with Gasteiger partial charge in [0.1, 0.15) is 0 Å². The molecule has 1 aliphatic heterocycles. The van der Waals surface area contributed by atoms with Gasteiger partial charge in [0.15, 0.2) is 0 Å². The van der Waals surface area contributed by atoms with Crippen molar-refractivity contribution in [2.24, 2.45) is 15.3 Å². The second-order valence-electron chi connectivity index (χ2n) is 5.67. The van der Waals surface area contributed by atoms with Crippen molar-refractivity contribution in [3.05, 3.63) is 53.1 Å². The Balaban J connectivity index is 1.85. The molecule has 1 amide bonds. The van der Waals surface area contributed by atoms with E-state index in [1.807, 2.05) is 44.2 Å². The average molecular weight is 306 g/mol. The summed E-state index contributed by atoms with van der Waals surface area (Å²) < 4.78 is 0. The Kier molecular flexibility index (Phi) is 4.02. The van der Waals surface area contributed by atoms with Crippen molar-refractivity contribution >= 4 is 29.2 Å². The highest BCUT2D eigenvalue weighted by Gasteiger charge is 2.18. The van der Waals surface area contributed by atoms with Crippen molar-refractivity contribution in [2.45, 2.75) is 27.2 Å². The molecule has 2 aromatic rings. The molecule has 0 unspecified atom stereocenters. The fraction of sp³-hybridized carbons (Fsp3) is 0.222. The molecule has 0 bridgehead atoms. The van der Waals surface area contributed by atoms with E-state index in [1.165, 1.54) is 10.6 Å². The van der Waals surface area contributed by atoms with E-state index in [-0.39, 0.29) is 5.91 Å². The maximum absolute atomic E-state index is 11.7. The van der Waals surface area contributed by atoms with Crippen LogP contribution >= 0.6 is 0 Å². The third-order valence-corrected chi connectivity index (χ3v) is 3.74. The standard InChI is InChI=1S/C18H18N4O/c1-12-4-6-16(13(2)10-12)20-21-17-7-5-15(11-14(17)3)22-18(23)8-9-19-22/h4-7,9-11H,8H2,1-3H3. The maximum Gasteiger partial charge on any atom is 0.252 e. The number of aryl methyl sites for hydroxylation is 3. The van der Waals surface area contributed by atoms with Gasteiger partial charge in [-0.25, -0.2) is 5.01 Å². The molecular formula is C18H18N4O. The largest absolute Gasteiger partial charge is 0.272 e. The minimum absolute atomic E-state index is 0.0194. The summed E-state index contributed by atoms with van der Waals surface area (Å²) in [4.78, 5) is 11.7. The predicted molar refractivity (Wildman–Crippen MR) is 91.9 cm³/mol. The molecule has 1 heterocycles. The summed E-state index contributed by atoms with van der Waals surface area (Å²) in [5.41, 5.74) is 5.65. The Morgan fingerprint density at radius 1 is 0.957 bits per heavy atom. The topological polar surface area (TPSA) is 57.4 Å². The highest BCUT2D eigenvalue weighted by molar-refractivity contribution is 6.05. The van der Waals surface area contributed by atoms with Gasteiger partial charge in [0.05, 0.1) is 23.5 Å². The number of anilines is 1. The summed E-state index contributed by atoms with van der Waals surface area (Å²) in [5, 5.41) is 14.2. The molecule has 23 heavy (non-hydrogen) atoms. The zero-order valence-electron chi connectivity index (χ0n) is 13.4. The zero-order chi connectivity index (χ0) is 16.4. The van der Waals surface area contributed by atoms with Crippen LogP contribution in [0.4, 0.5) is 17.1 Å². The van der Waals surface area contributed by atoms with Gasteiger partial charge < -0.3 is 0 Å². The van der Waals surface area contributed by atoms with Crippen LogP contribution < -0.4 is 5.01 Å². The molecule has 5 nitrogen and oxygen atoms in total. The van der Waals surface area contributed by atoms with Gasteiger partial charge in [-0.2, -0.15) is 15.3 Å². The number of hydrazone groups is 1. The minimum Gasteiger partial charge on any atom is -0.272 e. The van der Waals surface area contributed by atoms with Crippen LogP contribution in [0.1, 0.15) is 23.1 Å². The lowest BCUT2D eigenvalue weighted by Crippen LogP contribution is -2.19. The number of azo groups is 1. The normalized spacial score (nSPS) is 14.2. The second kappa shape index (κ2) is 6.12. The summed E-state index contributed by atoms with van der Waals surface area (Å²) in [6, 6.07) is 11.7. The van der Waals surface area contributed by atoms with E-state index in [1.54, 1.807) is 6.21 Å². The van der Waals surface area contributed by atoms with Crippen LogP contribution in [0, 0.1) is 20.8 Å². The van der Waals surface area contributed by atoms with Gasteiger partial charge in [-0.15, -0.1) is 0 Å². The van der Waals surface area contributed by atoms with Gasteiger partial charge >= 0.3 is 0 Å². The van der Waals surface area contributed by atoms with Crippen molar-refractivity contribution in [1.82, 2.24) is 0 Å². The number of hydrogen-bond donors (Lipinski definition) is 0. The molecular weight excluding hydrogens is 288 g/mol.